The summed E-state index contributed by atoms with van der Waals surface area (Å²) in [5.41, 5.74) is 1.84. The van der Waals surface area contributed by atoms with E-state index in [4.69, 9.17) is 4.74 Å². The Labute approximate surface area is 108 Å². The standard InChI is InChI=1S/C11H14IN3O/c1-2-3-4-8-16-10-7-5-6-9-11(10)15(12)14-13-9/h5-7H,2-4,8H2,1H3. The molecule has 0 aliphatic heterocycles. The number of hydrogen-bond acceptors (Lipinski definition) is 3. The van der Waals surface area contributed by atoms with Crippen LogP contribution in [0.4, 0.5) is 0 Å². The number of aromatic nitrogens is 3. The SMILES string of the molecule is CCCCCOc1cccc2nnn(I)c12. The maximum Gasteiger partial charge on any atom is 0.147 e. The first-order valence-corrected chi connectivity index (χ1v) is 6.43. The molecule has 0 saturated carbocycles. The smallest absolute Gasteiger partial charge is 0.147 e. The molecule has 5 heteroatoms. The van der Waals surface area contributed by atoms with Crippen LogP contribution in [0, 0.1) is 0 Å². The molecule has 0 aliphatic rings. The van der Waals surface area contributed by atoms with Crippen LogP contribution >= 0.6 is 22.9 Å². The summed E-state index contributed by atoms with van der Waals surface area (Å²) >= 11 is 2.11. The van der Waals surface area contributed by atoms with Crippen LogP contribution in [0.15, 0.2) is 18.2 Å². The quantitative estimate of drug-likeness (QED) is 0.624. The van der Waals surface area contributed by atoms with Gasteiger partial charge in [0.05, 0.1) is 29.5 Å². The number of nitrogens with zero attached hydrogens (tertiary/aromatic N) is 3. The number of rotatable bonds is 5. The monoisotopic (exact) mass is 331 g/mol. The molecule has 0 atom stereocenters. The van der Waals surface area contributed by atoms with Gasteiger partial charge in [0.25, 0.3) is 0 Å². The van der Waals surface area contributed by atoms with Crippen molar-refractivity contribution >= 4 is 33.9 Å². The summed E-state index contributed by atoms with van der Waals surface area (Å²) in [6.07, 6.45) is 3.51. The first kappa shape index (κ1) is 11.6. The first-order valence-electron chi connectivity index (χ1n) is 5.46. The number of halogens is 1. The van der Waals surface area contributed by atoms with Crippen LogP contribution in [0.5, 0.6) is 5.75 Å². The largest absolute Gasteiger partial charge is 0.491 e. The van der Waals surface area contributed by atoms with E-state index in [1.165, 1.54) is 12.8 Å². The van der Waals surface area contributed by atoms with E-state index in [1.807, 2.05) is 18.2 Å². The number of hydrogen-bond donors (Lipinski definition) is 0. The summed E-state index contributed by atoms with van der Waals surface area (Å²) in [6.45, 7) is 2.94. The molecule has 0 amide bonds. The van der Waals surface area contributed by atoms with Gasteiger partial charge in [-0.15, -0.1) is 5.10 Å². The van der Waals surface area contributed by atoms with Gasteiger partial charge in [-0.25, -0.2) is 0 Å². The van der Waals surface area contributed by atoms with E-state index >= 15 is 0 Å². The summed E-state index contributed by atoms with van der Waals surface area (Å²) in [7, 11) is 0. The maximum absolute atomic E-state index is 5.75. The van der Waals surface area contributed by atoms with Gasteiger partial charge < -0.3 is 4.74 Å². The molecule has 0 radical (unpaired) electrons. The second-order valence-electron chi connectivity index (χ2n) is 3.63. The molecule has 0 fully saturated rings. The highest BCUT2D eigenvalue weighted by Gasteiger charge is 2.08. The van der Waals surface area contributed by atoms with E-state index < -0.39 is 0 Å². The molecule has 2 aromatic rings. The molecule has 4 nitrogen and oxygen atoms in total. The third-order valence-electron chi connectivity index (χ3n) is 2.40. The van der Waals surface area contributed by atoms with E-state index in [1.54, 1.807) is 2.90 Å². The molecule has 0 saturated heterocycles. The van der Waals surface area contributed by atoms with Crippen molar-refractivity contribution in [2.45, 2.75) is 26.2 Å². The number of ether oxygens (including phenoxy) is 1. The molecular weight excluding hydrogens is 317 g/mol. The van der Waals surface area contributed by atoms with Gasteiger partial charge >= 0.3 is 0 Å². The van der Waals surface area contributed by atoms with Gasteiger partial charge in [-0.05, 0) is 18.6 Å². The van der Waals surface area contributed by atoms with Gasteiger partial charge in [-0.2, -0.15) is 2.90 Å². The topological polar surface area (TPSA) is 39.9 Å². The summed E-state index contributed by atoms with van der Waals surface area (Å²) in [4.78, 5) is 0. The van der Waals surface area contributed by atoms with E-state index in [9.17, 15) is 0 Å². The van der Waals surface area contributed by atoms with Crippen LogP contribution in [0.1, 0.15) is 26.2 Å². The molecule has 16 heavy (non-hydrogen) atoms. The second kappa shape index (κ2) is 5.47. The fraction of sp³-hybridized carbons (Fsp3) is 0.455. The number of unbranched alkanes of at least 4 members (excludes halogenated alkanes) is 2. The zero-order valence-corrected chi connectivity index (χ0v) is 11.3. The Kier molecular flexibility index (Phi) is 3.98. The summed E-state index contributed by atoms with van der Waals surface area (Å²) in [5, 5.41) is 8.02. The van der Waals surface area contributed by atoms with Gasteiger partial charge in [-0.3, -0.25) is 0 Å². The van der Waals surface area contributed by atoms with Crippen molar-refractivity contribution in [3.8, 4) is 5.75 Å². The van der Waals surface area contributed by atoms with Gasteiger partial charge in [0.15, 0.2) is 0 Å². The molecule has 0 unspecified atom stereocenters. The lowest BCUT2D eigenvalue weighted by Gasteiger charge is -2.06. The van der Waals surface area contributed by atoms with Crippen LogP contribution in [0.25, 0.3) is 11.0 Å². The fourth-order valence-electron chi connectivity index (χ4n) is 1.56. The Balaban J connectivity index is 2.13. The molecule has 0 bridgehead atoms. The van der Waals surface area contributed by atoms with E-state index in [-0.39, 0.29) is 0 Å². The Morgan fingerprint density at radius 3 is 3.06 bits per heavy atom. The number of fused-ring (bicyclic) bond motifs is 1. The van der Waals surface area contributed by atoms with Gasteiger partial charge in [0.1, 0.15) is 16.8 Å². The van der Waals surface area contributed by atoms with Crippen molar-refractivity contribution in [1.29, 1.82) is 0 Å². The molecular formula is C11H14IN3O. The highest BCUT2D eigenvalue weighted by molar-refractivity contribution is 14.1. The van der Waals surface area contributed by atoms with Crippen molar-refractivity contribution < 1.29 is 4.74 Å². The predicted molar refractivity (Wildman–Crippen MR) is 72.0 cm³/mol. The summed E-state index contributed by atoms with van der Waals surface area (Å²) in [5.74, 6) is 0.869. The third kappa shape index (κ3) is 2.45. The molecule has 0 spiro atoms. The van der Waals surface area contributed by atoms with Crippen molar-refractivity contribution in [2.24, 2.45) is 0 Å². The minimum absolute atomic E-state index is 0.759. The van der Waals surface area contributed by atoms with E-state index in [0.29, 0.717) is 0 Å². The van der Waals surface area contributed by atoms with Gasteiger partial charge in [0.2, 0.25) is 0 Å². The van der Waals surface area contributed by atoms with Gasteiger partial charge in [0, 0.05) is 0 Å². The average Bonchev–Trinajstić information content (AvgIpc) is 2.68. The Bertz CT molecular complexity index is 469. The Hall–Kier alpha value is -0.850. The average molecular weight is 331 g/mol. The normalized spacial score (nSPS) is 10.9. The highest BCUT2D eigenvalue weighted by atomic mass is 127. The lowest BCUT2D eigenvalue weighted by molar-refractivity contribution is 0.309. The van der Waals surface area contributed by atoms with Crippen LogP contribution in [0.3, 0.4) is 0 Å². The predicted octanol–water partition coefficient (Wildman–Crippen LogP) is 3.20. The molecule has 0 aliphatic carbocycles. The first-order chi connectivity index (χ1) is 7.83. The molecule has 0 N–H and O–H groups in total. The minimum atomic E-state index is 0.759. The van der Waals surface area contributed by atoms with Crippen LogP contribution in [0.2, 0.25) is 0 Å². The van der Waals surface area contributed by atoms with Crippen molar-refractivity contribution in [3.05, 3.63) is 18.2 Å². The van der Waals surface area contributed by atoms with E-state index in [2.05, 4.69) is 40.1 Å². The van der Waals surface area contributed by atoms with E-state index in [0.717, 1.165) is 29.8 Å². The van der Waals surface area contributed by atoms with Crippen molar-refractivity contribution in [3.63, 3.8) is 0 Å². The molecule has 1 heterocycles. The Morgan fingerprint density at radius 1 is 1.38 bits per heavy atom. The number of benzene rings is 1. The second-order valence-corrected chi connectivity index (χ2v) is 4.54. The Morgan fingerprint density at radius 2 is 2.25 bits per heavy atom. The highest BCUT2D eigenvalue weighted by Crippen LogP contribution is 2.25. The van der Waals surface area contributed by atoms with Crippen molar-refractivity contribution in [2.75, 3.05) is 6.61 Å². The van der Waals surface area contributed by atoms with Crippen LogP contribution < -0.4 is 4.74 Å². The van der Waals surface area contributed by atoms with Crippen molar-refractivity contribution in [1.82, 2.24) is 13.2 Å². The summed E-state index contributed by atoms with van der Waals surface area (Å²) in [6, 6.07) is 5.85. The number of para-hydroxylation sites is 1. The third-order valence-corrected chi connectivity index (χ3v) is 3.07. The molecule has 1 aromatic carbocycles. The lowest BCUT2D eigenvalue weighted by Crippen LogP contribution is -1.98. The van der Waals surface area contributed by atoms with Crippen LogP contribution in [-0.2, 0) is 0 Å². The van der Waals surface area contributed by atoms with Crippen LogP contribution in [-0.4, -0.2) is 19.8 Å². The zero-order chi connectivity index (χ0) is 11.4. The maximum atomic E-state index is 5.75. The lowest BCUT2D eigenvalue weighted by atomic mass is 10.2. The molecule has 2 rings (SSSR count). The van der Waals surface area contributed by atoms with Gasteiger partial charge in [-0.1, -0.05) is 31.0 Å². The molecule has 86 valence electrons. The zero-order valence-electron chi connectivity index (χ0n) is 9.19. The summed E-state index contributed by atoms with van der Waals surface area (Å²) < 4.78 is 7.48. The fourth-order valence-corrected chi connectivity index (χ4v) is 2.14. The minimum Gasteiger partial charge on any atom is -0.491 e. The molecule has 1 aromatic heterocycles.